The number of ketones is 1. The molecule has 0 spiro atoms. The Kier molecular flexibility index (Phi) is 2.82. The van der Waals surface area contributed by atoms with Gasteiger partial charge in [0.2, 0.25) is 0 Å². The van der Waals surface area contributed by atoms with Crippen molar-refractivity contribution in [3.05, 3.63) is 59.0 Å². The quantitative estimate of drug-likeness (QED) is 0.733. The molecule has 1 unspecified atom stereocenters. The lowest BCUT2D eigenvalue weighted by molar-refractivity contribution is 0.0895. The van der Waals surface area contributed by atoms with Crippen LogP contribution in [0.15, 0.2) is 42.3 Å². The zero-order valence-corrected chi connectivity index (χ0v) is 15.8. The van der Waals surface area contributed by atoms with E-state index in [1.807, 2.05) is 0 Å². The summed E-state index contributed by atoms with van der Waals surface area (Å²) in [6.45, 7) is -2.59. The smallest absolute Gasteiger partial charge is 0.166 e. The normalized spacial score (nSPS) is 30.0. The maximum absolute atomic E-state index is 13.5. The summed E-state index contributed by atoms with van der Waals surface area (Å²) in [7, 11) is 2.54. The molecule has 1 aliphatic heterocycles. The van der Waals surface area contributed by atoms with Gasteiger partial charge in [0.1, 0.15) is 0 Å². The molecule has 148 valence electrons. The molecule has 0 aromatic heterocycles. The highest BCUT2D eigenvalue weighted by molar-refractivity contribution is 6.02. The second-order valence-electron chi connectivity index (χ2n) is 6.67. The molecule has 0 amide bonds. The van der Waals surface area contributed by atoms with Crippen LogP contribution in [-0.2, 0) is 12.9 Å². The molecule has 1 heterocycles. The van der Waals surface area contributed by atoms with Gasteiger partial charge in [0.25, 0.3) is 0 Å². The molecule has 0 radical (unpaired) electrons. The molecular formula is C24H29NO3. The molecule has 4 nitrogen and oxygen atoms in total. The summed E-state index contributed by atoms with van der Waals surface area (Å²) in [5.41, 5.74) is -0.704. The first-order valence-electron chi connectivity index (χ1n) is 15.1. The third kappa shape index (κ3) is 3.93. The molecule has 2 aliphatic rings. The molecule has 0 N–H and O–H groups in total. The Morgan fingerprint density at radius 1 is 1.14 bits per heavy atom. The van der Waals surface area contributed by atoms with Gasteiger partial charge in [-0.2, -0.15) is 0 Å². The van der Waals surface area contributed by atoms with E-state index in [2.05, 4.69) is 0 Å². The Morgan fingerprint density at radius 3 is 2.50 bits per heavy atom. The SMILES string of the molecule is [2H]c1c([2H])c([2H])c(C([2H])([2H])N2CCC(C([2H])([2H])C3([2H])Cc4c([2H])c(OC)c(OC)c([2H])c4C3=O)CC2)c([2H])c1[2H]. The van der Waals surface area contributed by atoms with E-state index in [-0.39, 0.29) is 60.6 Å². The first kappa shape index (κ1) is 9.45. The van der Waals surface area contributed by atoms with E-state index < -0.39 is 72.7 Å². The maximum Gasteiger partial charge on any atom is 0.166 e. The van der Waals surface area contributed by atoms with E-state index in [4.69, 9.17) is 25.9 Å². The number of benzene rings is 2. The van der Waals surface area contributed by atoms with E-state index in [0.717, 1.165) is 0 Å². The minimum atomic E-state index is -2.46. The molecule has 1 atom stereocenters. The number of hydrogen-bond donors (Lipinski definition) is 0. The van der Waals surface area contributed by atoms with Crippen LogP contribution in [0.3, 0.4) is 0 Å². The Hall–Kier alpha value is -2.33. The van der Waals surface area contributed by atoms with E-state index >= 15 is 0 Å². The van der Waals surface area contributed by atoms with Gasteiger partial charge in [-0.15, -0.1) is 0 Å². The van der Waals surface area contributed by atoms with Crippen LogP contribution in [0.5, 0.6) is 11.5 Å². The summed E-state index contributed by atoms with van der Waals surface area (Å²) in [4.78, 5) is 14.8. The Balaban J connectivity index is 1.62. The number of likely N-dealkylation sites (tertiary alicyclic amines) is 1. The van der Waals surface area contributed by atoms with Crippen molar-refractivity contribution < 1.29 is 30.7 Å². The number of rotatable bonds is 6. The van der Waals surface area contributed by atoms with Crippen molar-refractivity contribution in [2.75, 3.05) is 27.3 Å². The van der Waals surface area contributed by atoms with Gasteiger partial charge in [0.05, 0.1) is 23.8 Å². The first-order valence-corrected chi connectivity index (χ1v) is 9.10. The summed E-state index contributed by atoms with van der Waals surface area (Å²) in [6, 6.07) is -3.87. The average Bonchev–Trinajstić information content (AvgIpc) is 3.20. The maximum atomic E-state index is 13.5. The van der Waals surface area contributed by atoms with Crippen LogP contribution in [0.25, 0.3) is 0 Å². The van der Waals surface area contributed by atoms with Crippen LogP contribution in [0, 0.1) is 11.8 Å². The number of piperidine rings is 1. The highest BCUT2D eigenvalue weighted by Crippen LogP contribution is 2.39. The molecule has 2 aromatic rings. The Bertz CT molecular complexity index is 1360. The number of Topliss-reactive ketones (excluding diaryl/α,β-unsaturated/α-hetero) is 1. The van der Waals surface area contributed by atoms with Crippen molar-refractivity contribution in [2.45, 2.75) is 32.1 Å². The van der Waals surface area contributed by atoms with Crippen molar-refractivity contribution in [2.24, 2.45) is 11.8 Å². The van der Waals surface area contributed by atoms with Crippen LogP contribution in [0.2, 0.25) is 0 Å². The standard InChI is InChI=1S/C24H29NO3/c1-27-22-14-19-13-20(24(26)21(19)15-23(22)28-2)12-17-8-10-25(11-9-17)16-18-6-4-3-5-7-18/h3-7,14-15,17,20H,8-13,16H2,1-2H3/i3D,4D,5D,6D,7D,12D2,14D,15D,16D2,20D. The molecule has 1 saturated heterocycles. The largest absolute Gasteiger partial charge is 0.493 e. The van der Waals surface area contributed by atoms with Crippen LogP contribution in [-0.4, -0.2) is 38.0 Å². The summed E-state index contributed by atoms with van der Waals surface area (Å²) in [5, 5.41) is 0. The summed E-state index contributed by atoms with van der Waals surface area (Å²) in [5.74, 6) is -4.37. The predicted molar refractivity (Wildman–Crippen MR) is 110 cm³/mol. The number of ether oxygens (including phenoxy) is 2. The summed E-state index contributed by atoms with van der Waals surface area (Å²) < 4.78 is 111. The van der Waals surface area contributed by atoms with Gasteiger partial charge in [0, 0.05) is 24.8 Å². The molecule has 0 saturated carbocycles. The fourth-order valence-electron chi connectivity index (χ4n) is 3.49. The number of nitrogens with zero attached hydrogens (tertiary/aromatic N) is 1. The molecule has 0 bridgehead atoms. The molecule has 1 fully saturated rings. The van der Waals surface area contributed by atoms with Crippen LogP contribution in [0.1, 0.15) is 57.1 Å². The van der Waals surface area contributed by atoms with Crippen LogP contribution >= 0.6 is 0 Å². The third-order valence-corrected chi connectivity index (χ3v) is 4.92. The van der Waals surface area contributed by atoms with Crippen molar-refractivity contribution in [3.8, 4) is 11.5 Å². The van der Waals surface area contributed by atoms with E-state index in [1.165, 1.54) is 19.1 Å². The Morgan fingerprint density at radius 2 is 1.82 bits per heavy atom. The van der Waals surface area contributed by atoms with Gasteiger partial charge in [-0.25, -0.2) is 0 Å². The van der Waals surface area contributed by atoms with Gasteiger partial charge in [-0.05, 0) is 67.9 Å². The van der Waals surface area contributed by atoms with Gasteiger partial charge >= 0.3 is 0 Å². The second kappa shape index (κ2) is 8.36. The van der Waals surface area contributed by atoms with E-state index in [9.17, 15) is 4.79 Å². The molecule has 28 heavy (non-hydrogen) atoms. The van der Waals surface area contributed by atoms with Gasteiger partial charge in [-0.3, -0.25) is 9.69 Å². The van der Waals surface area contributed by atoms with Crippen LogP contribution in [0.4, 0.5) is 0 Å². The fourth-order valence-corrected chi connectivity index (χ4v) is 3.49. The minimum Gasteiger partial charge on any atom is -0.493 e. The topological polar surface area (TPSA) is 38.8 Å². The third-order valence-electron chi connectivity index (χ3n) is 4.92. The van der Waals surface area contributed by atoms with E-state index in [0.29, 0.717) is 0 Å². The van der Waals surface area contributed by atoms with Crippen LogP contribution < -0.4 is 9.47 Å². The lowest BCUT2D eigenvalue weighted by Crippen LogP contribution is -2.34. The predicted octanol–water partition coefficient (Wildman–Crippen LogP) is 4.36. The molecular weight excluding hydrogens is 350 g/mol. The molecule has 2 aromatic carbocycles. The molecule has 4 rings (SSSR count). The average molecular weight is 392 g/mol. The molecule has 1 aliphatic carbocycles. The van der Waals surface area contributed by atoms with Gasteiger partial charge in [-0.1, -0.05) is 30.2 Å². The fraction of sp³-hybridized carbons (Fsp3) is 0.458. The monoisotopic (exact) mass is 391 g/mol. The summed E-state index contributed by atoms with van der Waals surface area (Å²) >= 11 is 0. The lowest BCUT2D eigenvalue weighted by atomic mass is 9.85. The van der Waals surface area contributed by atoms with Crippen molar-refractivity contribution in [1.82, 2.24) is 4.90 Å². The minimum absolute atomic E-state index is 0.0174. The van der Waals surface area contributed by atoms with Crippen molar-refractivity contribution in [1.29, 1.82) is 0 Å². The highest BCUT2D eigenvalue weighted by Gasteiger charge is 2.34. The van der Waals surface area contributed by atoms with Crippen molar-refractivity contribution in [3.63, 3.8) is 0 Å². The van der Waals surface area contributed by atoms with Gasteiger partial charge in [0.15, 0.2) is 17.3 Å². The molecule has 4 heteroatoms. The number of carbonyl (C=O) groups is 1. The van der Waals surface area contributed by atoms with Crippen molar-refractivity contribution >= 4 is 5.78 Å². The zero-order valence-electron chi connectivity index (χ0n) is 27.8. The Labute approximate surface area is 184 Å². The van der Waals surface area contributed by atoms with Gasteiger partial charge < -0.3 is 9.47 Å². The lowest BCUT2D eigenvalue weighted by Gasteiger charge is -2.32. The highest BCUT2D eigenvalue weighted by atomic mass is 16.5. The number of hydrogen-bond acceptors (Lipinski definition) is 4. The number of fused-ring (bicyclic) bond motifs is 1. The number of methoxy groups -OCH3 is 2. The zero-order chi connectivity index (χ0) is 30.1. The van der Waals surface area contributed by atoms with E-state index in [1.54, 1.807) is 0 Å². The number of carbonyl (C=O) groups excluding carboxylic acids is 1. The second-order valence-corrected chi connectivity index (χ2v) is 6.67. The first-order chi connectivity index (χ1) is 18.5. The summed E-state index contributed by atoms with van der Waals surface area (Å²) in [6.07, 6.45) is -2.84.